The zero-order valence-electron chi connectivity index (χ0n) is 16.5. The Morgan fingerprint density at radius 3 is 2.71 bits per heavy atom. The van der Waals surface area contributed by atoms with E-state index in [4.69, 9.17) is 14.2 Å². The summed E-state index contributed by atoms with van der Waals surface area (Å²) < 4.78 is 15.9. The second-order valence-electron chi connectivity index (χ2n) is 6.56. The molecule has 2 aromatic rings. The lowest BCUT2D eigenvalue weighted by molar-refractivity contribution is -0.895. The van der Waals surface area contributed by atoms with Gasteiger partial charge in [-0.3, -0.25) is 4.79 Å². The van der Waals surface area contributed by atoms with E-state index in [-0.39, 0.29) is 12.5 Å². The molecule has 3 rings (SSSR count). The molecule has 1 aromatic heterocycles. The van der Waals surface area contributed by atoms with Crippen molar-refractivity contribution in [2.45, 2.75) is 19.9 Å². The molecule has 0 radical (unpaired) electrons. The van der Waals surface area contributed by atoms with E-state index in [1.165, 1.54) is 30.5 Å². The van der Waals surface area contributed by atoms with E-state index in [0.29, 0.717) is 27.6 Å². The van der Waals surface area contributed by atoms with E-state index in [0.717, 1.165) is 30.0 Å². The van der Waals surface area contributed by atoms with Gasteiger partial charge in [0, 0.05) is 6.42 Å². The summed E-state index contributed by atoms with van der Waals surface area (Å²) in [7, 11) is 5.12. The summed E-state index contributed by atoms with van der Waals surface area (Å²) in [5.74, 6) is 0.0650. The third kappa shape index (κ3) is 3.83. The number of fused-ring (bicyclic) bond motifs is 1. The molecule has 0 saturated heterocycles. The van der Waals surface area contributed by atoms with Crippen molar-refractivity contribution in [3.63, 3.8) is 0 Å². The molecule has 8 heteroatoms. The summed E-state index contributed by atoms with van der Waals surface area (Å²) in [4.78, 5) is 28.1. The smallest absolute Gasteiger partial charge is 0.341 e. The van der Waals surface area contributed by atoms with Gasteiger partial charge in [-0.2, -0.15) is 0 Å². The maximum atomic E-state index is 13.0. The molecular formula is C20H25N2O5S+. The normalized spacial score (nSPS) is 15.5. The van der Waals surface area contributed by atoms with Crippen LogP contribution in [0.2, 0.25) is 0 Å². The number of quaternary nitrogens is 1. The molecule has 7 nitrogen and oxygen atoms in total. The highest BCUT2D eigenvalue weighted by molar-refractivity contribution is 7.17. The number of thiophene rings is 1. The van der Waals surface area contributed by atoms with Crippen molar-refractivity contribution < 1.29 is 28.7 Å². The van der Waals surface area contributed by atoms with Crippen molar-refractivity contribution in [3.05, 3.63) is 39.8 Å². The maximum absolute atomic E-state index is 13.0. The fourth-order valence-corrected chi connectivity index (χ4v) is 4.71. The summed E-state index contributed by atoms with van der Waals surface area (Å²) in [6, 6.07) is 5.11. The van der Waals surface area contributed by atoms with Gasteiger partial charge in [-0.15, -0.1) is 11.3 Å². The van der Waals surface area contributed by atoms with Gasteiger partial charge in [-0.1, -0.05) is 6.07 Å². The van der Waals surface area contributed by atoms with Gasteiger partial charge in [0.05, 0.1) is 50.4 Å². The van der Waals surface area contributed by atoms with Crippen molar-refractivity contribution in [2.75, 3.05) is 39.7 Å². The van der Waals surface area contributed by atoms with Gasteiger partial charge >= 0.3 is 5.97 Å². The van der Waals surface area contributed by atoms with Crippen LogP contribution in [0.15, 0.2) is 18.2 Å². The summed E-state index contributed by atoms with van der Waals surface area (Å²) >= 11 is 1.44. The second kappa shape index (κ2) is 8.62. The Morgan fingerprint density at radius 1 is 1.25 bits per heavy atom. The number of esters is 1. The third-order valence-electron chi connectivity index (χ3n) is 4.71. The first kappa shape index (κ1) is 20.2. The van der Waals surface area contributed by atoms with Crippen LogP contribution in [0.4, 0.5) is 5.00 Å². The fraction of sp³-hybridized carbons (Fsp3) is 0.400. The van der Waals surface area contributed by atoms with Crippen LogP contribution in [0.5, 0.6) is 11.5 Å². The Kier molecular flexibility index (Phi) is 6.21. The zero-order chi connectivity index (χ0) is 20.3. The highest BCUT2D eigenvalue weighted by Crippen LogP contribution is 2.37. The minimum Gasteiger partial charge on any atom is -0.493 e. The predicted molar refractivity (Wildman–Crippen MR) is 107 cm³/mol. The molecule has 0 bridgehead atoms. The van der Waals surface area contributed by atoms with Gasteiger partial charge in [-0.25, -0.2) is 4.79 Å². The third-order valence-corrected chi connectivity index (χ3v) is 5.86. The lowest BCUT2D eigenvalue weighted by atomic mass is 10.0. The summed E-state index contributed by atoms with van der Waals surface area (Å²) in [6.07, 6.45) is 0.782. The number of amides is 1. The quantitative estimate of drug-likeness (QED) is 0.716. The van der Waals surface area contributed by atoms with Crippen LogP contribution in [0.1, 0.15) is 38.1 Å². The standard InChI is InChI=1S/C20H24N2O5S/c1-5-27-20(24)16-12-9-10-22(2)11-15(12)28-19(16)21-18(23)13-7-6-8-14(25-3)17(13)26-4/h6-8H,5,9-11H2,1-4H3,(H,21,23)/p+1. The molecule has 2 heterocycles. The molecule has 2 N–H and O–H groups in total. The minimum atomic E-state index is -0.396. The van der Waals surface area contributed by atoms with E-state index in [9.17, 15) is 9.59 Å². The van der Waals surface area contributed by atoms with E-state index in [1.54, 1.807) is 25.1 Å². The van der Waals surface area contributed by atoms with E-state index >= 15 is 0 Å². The lowest BCUT2D eigenvalue weighted by Crippen LogP contribution is -3.08. The molecule has 0 saturated carbocycles. The molecule has 1 aliphatic rings. The Bertz CT molecular complexity index is 893. The van der Waals surface area contributed by atoms with Crippen molar-refractivity contribution in [2.24, 2.45) is 0 Å². The summed E-state index contributed by atoms with van der Waals surface area (Å²) in [5, 5.41) is 3.42. The largest absolute Gasteiger partial charge is 0.493 e. The Balaban J connectivity index is 1.98. The first-order chi connectivity index (χ1) is 13.5. The average Bonchev–Trinajstić information content (AvgIpc) is 3.04. The van der Waals surface area contributed by atoms with Crippen LogP contribution >= 0.6 is 11.3 Å². The van der Waals surface area contributed by atoms with Gasteiger partial charge in [0.2, 0.25) is 0 Å². The number of ether oxygens (including phenoxy) is 3. The van der Waals surface area contributed by atoms with Crippen LogP contribution in [-0.2, 0) is 17.7 Å². The number of carbonyl (C=O) groups excluding carboxylic acids is 2. The number of methoxy groups -OCH3 is 2. The number of anilines is 1. The van der Waals surface area contributed by atoms with Crippen molar-refractivity contribution in [1.82, 2.24) is 0 Å². The molecule has 28 heavy (non-hydrogen) atoms. The maximum Gasteiger partial charge on any atom is 0.341 e. The van der Waals surface area contributed by atoms with Crippen molar-refractivity contribution >= 4 is 28.2 Å². The molecule has 0 spiro atoms. The highest BCUT2D eigenvalue weighted by atomic mass is 32.1. The van der Waals surface area contributed by atoms with E-state index in [1.807, 2.05) is 0 Å². The lowest BCUT2D eigenvalue weighted by Gasteiger charge is -2.19. The van der Waals surface area contributed by atoms with Gasteiger partial charge in [0.15, 0.2) is 11.5 Å². The van der Waals surface area contributed by atoms with Crippen LogP contribution in [0, 0.1) is 0 Å². The topological polar surface area (TPSA) is 78.3 Å². The molecule has 0 fully saturated rings. The Morgan fingerprint density at radius 2 is 2.04 bits per heavy atom. The number of likely N-dealkylation sites (N-methyl/N-ethyl adjacent to an activating group) is 1. The first-order valence-electron chi connectivity index (χ1n) is 9.15. The van der Waals surface area contributed by atoms with Crippen molar-refractivity contribution in [1.29, 1.82) is 0 Å². The minimum absolute atomic E-state index is 0.283. The van der Waals surface area contributed by atoms with E-state index < -0.39 is 5.97 Å². The second-order valence-corrected chi connectivity index (χ2v) is 7.66. The number of rotatable bonds is 6. The molecule has 1 aromatic carbocycles. The number of hydrogen-bond donors (Lipinski definition) is 2. The summed E-state index contributed by atoms with van der Waals surface area (Å²) in [6.45, 7) is 3.82. The number of carbonyl (C=O) groups is 2. The van der Waals surface area contributed by atoms with Crippen LogP contribution in [0.25, 0.3) is 0 Å². The number of nitrogens with one attached hydrogen (secondary N) is 2. The molecule has 1 unspecified atom stereocenters. The monoisotopic (exact) mass is 405 g/mol. The molecular weight excluding hydrogens is 380 g/mol. The van der Waals surface area contributed by atoms with Crippen LogP contribution in [0.3, 0.4) is 0 Å². The molecule has 150 valence electrons. The predicted octanol–water partition coefficient (Wildman–Crippen LogP) is 1.77. The fourth-order valence-electron chi connectivity index (χ4n) is 3.36. The Labute approximate surface area is 168 Å². The highest BCUT2D eigenvalue weighted by Gasteiger charge is 2.30. The van der Waals surface area contributed by atoms with Crippen LogP contribution < -0.4 is 19.7 Å². The number of benzene rings is 1. The van der Waals surface area contributed by atoms with Crippen LogP contribution in [-0.4, -0.2) is 46.3 Å². The molecule has 0 aliphatic carbocycles. The number of hydrogen-bond acceptors (Lipinski definition) is 6. The molecule has 1 atom stereocenters. The molecule has 1 aliphatic heterocycles. The van der Waals surface area contributed by atoms with Gasteiger partial charge in [-0.05, 0) is 24.6 Å². The van der Waals surface area contributed by atoms with Gasteiger partial charge in [0.25, 0.3) is 5.91 Å². The van der Waals surface area contributed by atoms with Crippen molar-refractivity contribution in [3.8, 4) is 11.5 Å². The van der Waals surface area contributed by atoms with Gasteiger partial charge in [0.1, 0.15) is 11.5 Å². The zero-order valence-corrected chi connectivity index (χ0v) is 17.3. The molecule has 1 amide bonds. The number of para-hydroxylation sites is 1. The van der Waals surface area contributed by atoms with Gasteiger partial charge < -0.3 is 24.4 Å². The van der Waals surface area contributed by atoms with E-state index in [2.05, 4.69) is 12.4 Å². The Hall–Kier alpha value is -2.58. The first-order valence-corrected chi connectivity index (χ1v) is 9.97. The summed E-state index contributed by atoms with van der Waals surface area (Å²) in [5.41, 5.74) is 1.80. The SMILES string of the molecule is CCOC(=O)c1c(NC(=O)c2cccc(OC)c2OC)sc2c1CC[NH+](C)C2. The average molecular weight is 405 g/mol.